The van der Waals surface area contributed by atoms with Crippen LogP contribution in [0, 0.1) is 5.92 Å². The van der Waals surface area contributed by atoms with Gasteiger partial charge in [0, 0.05) is 38.6 Å². The van der Waals surface area contributed by atoms with Gasteiger partial charge in [0.05, 0.1) is 19.3 Å². The lowest BCUT2D eigenvalue weighted by Gasteiger charge is -2.26. The van der Waals surface area contributed by atoms with Crippen LogP contribution in [0.2, 0.25) is 0 Å². The van der Waals surface area contributed by atoms with E-state index in [-0.39, 0.29) is 17.8 Å². The zero-order valence-electron chi connectivity index (χ0n) is 16.6. The zero-order valence-corrected chi connectivity index (χ0v) is 16.6. The Morgan fingerprint density at radius 2 is 1.82 bits per heavy atom. The molecule has 1 aromatic carbocycles. The van der Waals surface area contributed by atoms with Crippen molar-refractivity contribution in [2.75, 3.05) is 26.2 Å². The van der Waals surface area contributed by atoms with Gasteiger partial charge in [-0.05, 0) is 41.3 Å². The second-order valence-electron chi connectivity index (χ2n) is 7.82. The van der Waals surface area contributed by atoms with Gasteiger partial charge in [-0.15, -0.1) is 0 Å². The lowest BCUT2D eigenvalue weighted by Crippen LogP contribution is -2.40. The topological polar surface area (TPSA) is 65.9 Å². The molecule has 1 aliphatic rings. The van der Waals surface area contributed by atoms with Gasteiger partial charge >= 0.3 is 0 Å². The highest BCUT2D eigenvalue weighted by Crippen LogP contribution is 2.16. The Bertz CT molecular complexity index is 749. The number of hydrogen-bond acceptors (Lipinski definition) is 5. The first-order valence-electron chi connectivity index (χ1n) is 9.78. The average molecular weight is 383 g/mol. The van der Waals surface area contributed by atoms with Crippen molar-refractivity contribution in [3.8, 4) is 5.75 Å². The summed E-state index contributed by atoms with van der Waals surface area (Å²) in [5.74, 6) is 0.799. The Balaban J connectivity index is 1.69. The maximum absolute atomic E-state index is 12.8. The number of amides is 1. The number of hydrogen-bond donors (Lipinski definition) is 1. The number of rotatable bonds is 7. The van der Waals surface area contributed by atoms with Crippen LogP contribution >= 0.6 is 0 Å². The molecule has 2 aromatic rings. The molecule has 0 radical (unpaired) electrons. The van der Waals surface area contributed by atoms with E-state index in [4.69, 9.17) is 4.74 Å². The molecule has 28 heavy (non-hydrogen) atoms. The Morgan fingerprint density at radius 1 is 1.11 bits per heavy atom. The van der Waals surface area contributed by atoms with Gasteiger partial charge in [-0.3, -0.25) is 14.7 Å². The summed E-state index contributed by atoms with van der Waals surface area (Å²) in [6, 6.07) is 11.0. The summed E-state index contributed by atoms with van der Waals surface area (Å²) in [6.07, 6.45) is 3.46. The van der Waals surface area contributed by atoms with Crippen LogP contribution in [-0.2, 0) is 22.7 Å². The summed E-state index contributed by atoms with van der Waals surface area (Å²) in [5, 5.41) is 9.49. The number of pyridine rings is 1. The van der Waals surface area contributed by atoms with Gasteiger partial charge in [-0.1, -0.05) is 26.0 Å². The molecule has 3 rings (SSSR count). The van der Waals surface area contributed by atoms with Crippen molar-refractivity contribution in [3.05, 3.63) is 59.9 Å². The third-order valence-corrected chi connectivity index (χ3v) is 4.76. The van der Waals surface area contributed by atoms with Crippen LogP contribution in [0.4, 0.5) is 0 Å². The fraction of sp³-hybridized carbons (Fsp3) is 0.455. The quantitative estimate of drug-likeness (QED) is 0.796. The van der Waals surface area contributed by atoms with E-state index in [9.17, 15) is 9.90 Å². The molecule has 6 heteroatoms. The van der Waals surface area contributed by atoms with E-state index >= 15 is 0 Å². The summed E-state index contributed by atoms with van der Waals surface area (Å²) in [7, 11) is 0. The highest BCUT2D eigenvalue weighted by Gasteiger charge is 2.28. The SMILES string of the molecule is CC(C)CN1C[C@H](OCc2ccncc2)CN(Cc2ccc(O)cc2)CC1=O. The molecular formula is C22H29N3O3. The zero-order chi connectivity index (χ0) is 19.9. The minimum Gasteiger partial charge on any atom is -0.508 e. The monoisotopic (exact) mass is 383 g/mol. The summed E-state index contributed by atoms with van der Waals surface area (Å²) < 4.78 is 6.19. The maximum Gasteiger partial charge on any atom is 0.236 e. The largest absolute Gasteiger partial charge is 0.508 e. The number of aromatic hydroxyl groups is 1. The van der Waals surface area contributed by atoms with Crippen molar-refractivity contribution in [3.63, 3.8) is 0 Å². The molecule has 1 amide bonds. The molecule has 1 fully saturated rings. The number of aromatic nitrogens is 1. The molecule has 1 aromatic heterocycles. The van der Waals surface area contributed by atoms with Gasteiger partial charge in [0.2, 0.25) is 5.91 Å². The second-order valence-corrected chi connectivity index (χ2v) is 7.82. The van der Waals surface area contributed by atoms with Crippen LogP contribution < -0.4 is 0 Å². The van der Waals surface area contributed by atoms with Gasteiger partial charge in [0.25, 0.3) is 0 Å². The van der Waals surface area contributed by atoms with Crippen LogP contribution in [0.15, 0.2) is 48.8 Å². The Kier molecular flexibility index (Phi) is 7.01. The van der Waals surface area contributed by atoms with E-state index < -0.39 is 0 Å². The molecule has 1 N–H and O–H groups in total. The number of nitrogens with zero attached hydrogens (tertiary/aromatic N) is 3. The second kappa shape index (κ2) is 9.66. The van der Waals surface area contributed by atoms with Crippen LogP contribution in [0.25, 0.3) is 0 Å². The first-order chi connectivity index (χ1) is 13.5. The van der Waals surface area contributed by atoms with E-state index in [1.54, 1.807) is 24.5 Å². The van der Waals surface area contributed by atoms with Crippen molar-refractivity contribution < 1.29 is 14.6 Å². The molecule has 0 saturated carbocycles. The number of phenols is 1. The average Bonchev–Trinajstić information content (AvgIpc) is 2.81. The predicted octanol–water partition coefficient (Wildman–Crippen LogP) is 2.67. The molecule has 1 saturated heterocycles. The van der Waals surface area contributed by atoms with Crippen molar-refractivity contribution in [1.82, 2.24) is 14.8 Å². The van der Waals surface area contributed by atoms with Crippen LogP contribution in [-0.4, -0.2) is 58.1 Å². The number of ether oxygens (including phenoxy) is 1. The number of carbonyl (C=O) groups excluding carboxylic acids is 1. The van der Waals surface area contributed by atoms with Crippen molar-refractivity contribution >= 4 is 5.91 Å². The third-order valence-electron chi connectivity index (χ3n) is 4.76. The fourth-order valence-corrected chi connectivity index (χ4v) is 3.44. The van der Waals surface area contributed by atoms with Crippen LogP contribution in [0.5, 0.6) is 5.75 Å². The first kappa shape index (κ1) is 20.3. The molecule has 0 bridgehead atoms. The van der Waals surface area contributed by atoms with E-state index in [0.717, 1.165) is 17.7 Å². The van der Waals surface area contributed by atoms with Crippen molar-refractivity contribution in [2.45, 2.75) is 33.1 Å². The molecule has 0 spiro atoms. The molecule has 6 nitrogen and oxygen atoms in total. The van der Waals surface area contributed by atoms with Gasteiger partial charge in [-0.2, -0.15) is 0 Å². The van der Waals surface area contributed by atoms with E-state index in [1.165, 1.54) is 0 Å². The van der Waals surface area contributed by atoms with E-state index in [0.29, 0.717) is 38.7 Å². The molecule has 150 valence electrons. The van der Waals surface area contributed by atoms with Crippen LogP contribution in [0.3, 0.4) is 0 Å². The molecule has 0 aliphatic carbocycles. The Hall–Kier alpha value is -2.44. The highest BCUT2D eigenvalue weighted by molar-refractivity contribution is 5.78. The first-order valence-corrected chi connectivity index (χ1v) is 9.78. The maximum atomic E-state index is 12.8. The Morgan fingerprint density at radius 3 is 2.50 bits per heavy atom. The molecule has 2 heterocycles. The van der Waals surface area contributed by atoms with E-state index in [1.807, 2.05) is 29.2 Å². The van der Waals surface area contributed by atoms with Gasteiger partial charge in [-0.25, -0.2) is 0 Å². The fourth-order valence-electron chi connectivity index (χ4n) is 3.44. The number of benzene rings is 1. The molecular weight excluding hydrogens is 354 g/mol. The van der Waals surface area contributed by atoms with Gasteiger partial charge in [0.1, 0.15) is 5.75 Å². The smallest absolute Gasteiger partial charge is 0.236 e. The molecule has 1 aliphatic heterocycles. The third kappa shape index (κ3) is 6.04. The summed E-state index contributed by atoms with van der Waals surface area (Å²) in [5.41, 5.74) is 2.14. The lowest BCUT2D eigenvalue weighted by atomic mass is 10.2. The minimum atomic E-state index is -0.0597. The highest BCUT2D eigenvalue weighted by atomic mass is 16.5. The summed E-state index contributed by atoms with van der Waals surface area (Å²) in [6.45, 7) is 7.81. The lowest BCUT2D eigenvalue weighted by molar-refractivity contribution is -0.132. The number of phenolic OH excluding ortho intramolecular Hbond substituents is 1. The van der Waals surface area contributed by atoms with E-state index in [2.05, 4.69) is 23.7 Å². The summed E-state index contributed by atoms with van der Waals surface area (Å²) >= 11 is 0. The van der Waals surface area contributed by atoms with Crippen molar-refractivity contribution in [2.24, 2.45) is 5.92 Å². The molecule has 0 unspecified atom stereocenters. The molecule has 1 atom stereocenters. The van der Waals surface area contributed by atoms with Gasteiger partial charge in [0.15, 0.2) is 0 Å². The minimum absolute atomic E-state index is 0.0597. The van der Waals surface area contributed by atoms with Gasteiger partial charge < -0.3 is 14.7 Å². The van der Waals surface area contributed by atoms with Crippen LogP contribution in [0.1, 0.15) is 25.0 Å². The summed E-state index contributed by atoms with van der Waals surface area (Å²) in [4.78, 5) is 20.9. The Labute approximate surface area is 166 Å². The van der Waals surface area contributed by atoms with Crippen molar-refractivity contribution in [1.29, 1.82) is 0 Å². The predicted molar refractivity (Wildman–Crippen MR) is 108 cm³/mol. The standard InChI is InChI=1S/C22H29N3O3/c1-17(2)11-25-14-21(28-16-19-7-9-23-10-8-19)13-24(15-22(25)27)12-18-3-5-20(26)6-4-18/h3-10,17,21,26H,11-16H2,1-2H3/t21-/m1/s1. The normalized spacial score (nSPS) is 18.5. The number of carbonyl (C=O) groups is 1.